The van der Waals surface area contributed by atoms with Crippen molar-refractivity contribution < 1.29 is 4.79 Å². The van der Waals surface area contributed by atoms with Gasteiger partial charge in [-0.1, -0.05) is 12.2 Å². The summed E-state index contributed by atoms with van der Waals surface area (Å²) in [5.74, 6) is 0.136. The van der Waals surface area contributed by atoms with Gasteiger partial charge >= 0.3 is 0 Å². The Morgan fingerprint density at radius 1 is 1.60 bits per heavy atom. The van der Waals surface area contributed by atoms with Crippen molar-refractivity contribution in [2.45, 2.75) is 31.1 Å². The summed E-state index contributed by atoms with van der Waals surface area (Å²) in [6.45, 7) is 8.11. The van der Waals surface area contributed by atoms with Crippen molar-refractivity contribution in [2.75, 3.05) is 6.54 Å². The molecule has 1 amide bonds. The minimum atomic E-state index is -0.297. The molecule has 1 rings (SSSR count). The zero-order valence-electron chi connectivity index (χ0n) is 8.97. The van der Waals surface area contributed by atoms with Crippen LogP contribution >= 0.6 is 11.6 Å². The fourth-order valence-corrected chi connectivity index (χ4v) is 2.38. The molecule has 1 aliphatic heterocycles. The van der Waals surface area contributed by atoms with Crippen LogP contribution in [0.4, 0.5) is 0 Å². The van der Waals surface area contributed by atoms with Crippen LogP contribution in [0.1, 0.15) is 25.7 Å². The highest BCUT2D eigenvalue weighted by atomic mass is 35.5. The van der Waals surface area contributed by atoms with Crippen molar-refractivity contribution in [1.82, 2.24) is 5.32 Å². The van der Waals surface area contributed by atoms with Crippen molar-refractivity contribution >= 4 is 17.5 Å². The molecule has 15 heavy (non-hydrogen) atoms. The van der Waals surface area contributed by atoms with Crippen LogP contribution in [0.25, 0.3) is 0 Å². The molecule has 1 aliphatic rings. The van der Waals surface area contributed by atoms with Crippen molar-refractivity contribution in [1.29, 1.82) is 0 Å². The molecule has 0 aromatic rings. The number of carbonyl (C=O) groups excluding carboxylic acids is 1. The van der Waals surface area contributed by atoms with Crippen LogP contribution < -0.4 is 5.32 Å². The third kappa shape index (κ3) is 2.85. The van der Waals surface area contributed by atoms with Gasteiger partial charge < -0.3 is 5.32 Å². The largest absolute Gasteiger partial charge is 0.356 e. The molecule has 1 saturated heterocycles. The van der Waals surface area contributed by atoms with Crippen LogP contribution in [0.3, 0.4) is 0 Å². The molecular weight excluding hydrogens is 210 g/mol. The highest BCUT2D eigenvalue weighted by Crippen LogP contribution is 2.38. The quantitative estimate of drug-likeness (QED) is 0.549. The monoisotopic (exact) mass is 227 g/mol. The molecule has 0 radical (unpaired) electrons. The van der Waals surface area contributed by atoms with E-state index in [1.165, 1.54) is 0 Å². The molecule has 0 aromatic heterocycles. The van der Waals surface area contributed by atoms with E-state index in [0.29, 0.717) is 6.42 Å². The minimum Gasteiger partial charge on any atom is -0.356 e. The summed E-state index contributed by atoms with van der Waals surface area (Å²) in [5.41, 5.74) is -0.297. The van der Waals surface area contributed by atoms with E-state index in [1.807, 2.05) is 6.08 Å². The summed E-state index contributed by atoms with van der Waals surface area (Å²) in [5, 5.41) is 2.76. The normalized spacial score (nSPS) is 27.1. The minimum absolute atomic E-state index is 0.126. The van der Waals surface area contributed by atoms with Gasteiger partial charge in [0.15, 0.2) is 0 Å². The molecule has 0 aromatic carbocycles. The molecule has 1 N–H and O–H groups in total. The van der Waals surface area contributed by atoms with E-state index in [-0.39, 0.29) is 16.7 Å². The smallest absolute Gasteiger partial charge is 0.226 e. The van der Waals surface area contributed by atoms with E-state index in [2.05, 4.69) is 18.5 Å². The maximum absolute atomic E-state index is 11.8. The lowest BCUT2D eigenvalue weighted by atomic mass is 9.77. The number of nitrogens with one attached hydrogen (secondary N) is 1. The van der Waals surface area contributed by atoms with Crippen LogP contribution in [0.5, 0.6) is 0 Å². The van der Waals surface area contributed by atoms with Crippen LogP contribution in [0.15, 0.2) is 25.3 Å². The lowest BCUT2D eigenvalue weighted by molar-refractivity contribution is -0.128. The average Bonchev–Trinajstić information content (AvgIpc) is 2.58. The van der Waals surface area contributed by atoms with Gasteiger partial charge in [0.05, 0.1) is 10.8 Å². The molecule has 0 saturated carbocycles. The second-order valence-corrected chi connectivity index (χ2v) is 4.63. The van der Waals surface area contributed by atoms with Gasteiger partial charge in [0.1, 0.15) is 0 Å². The summed E-state index contributed by atoms with van der Waals surface area (Å²) in [6.07, 6.45) is 6.79. The molecule has 3 heteroatoms. The number of allylic oxidation sites excluding steroid dienone is 2. The zero-order valence-corrected chi connectivity index (χ0v) is 9.72. The summed E-state index contributed by atoms with van der Waals surface area (Å²) < 4.78 is 0. The SMILES string of the molecule is C=CCCC1(CC(Cl)C=C)CCNC1=O. The fourth-order valence-electron chi connectivity index (χ4n) is 2.09. The van der Waals surface area contributed by atoms with Gasteiger partial charge in [0, 0.05) is 6.54 Å². The Morgan fingerprint density at radius 2 is 2.33 bits per heavy atom. The first-order valence-corrected chi connectivity index (χ1v) is 5.74. The third-order valence-corrected chi connectivity index (χ3v) is 3.37. The van der Waals surface area contributed by atoms with E-state index in [4.69, 9.17) is 11.6 Å². The predicted molar refractivity (Wildman–Crippen MR) is 63.9 cm³/mol. The number of halogens is 1. The lowest BCUT2D eigenvalue weighted by Crippen LogP contribution is -2.33. The van der Waals surface area contributed by atoms with E-state index in [0.717, 1.165) is 25.8 Å². The topological polar surface area (TPSA) is 29.1 Å². The molecule has 2 atom stereocenters. The number of carbonyl (C=O) groups is 1. The Balaban J connectivity index is 2.71. The molecule has 84 valence electrons. The molecule has 1 fully saturated rings. The first-order valence-electron chi connectivity index (χ1n) is 5.30. The van der Waals surface area contributed by atoms with Crippen LogP contribution in [0, 0.1) is 5.41 Å². The molecule has 0 spiro atoms. The number of rotatable bonds is 6. The molecule has 0 aliphatic carbocycles. The Labute approximate surface area is 96.4 Å². The van der Waals surface area contributed by atoms with E-state index in [9.17, 15) is 4.79 Å². The molecule has 2 unspecified atom stereocenters. The van der Waals surface area contributed by atoms with Gasteiger partial charge in [0.25, 0.3) is 0 Å². The maximum atomic E-state index is 11.8. The van der Waals surface area contributed by atoms with Crippen molar-refractivity contribution in [3.63, 3.8) is 0 Å². The average molecular weight is 228 g/mol. The zero-order chi connectivity index (χ0) is 11.3. The summed E-state index contributed by atoms with van der Waals surface area (Å²) in [6, 6.07) is 0. The second-order valence-electron chi connectivity index (χ2n) is 4.07. The molecular formula is C12H18ClNO. The Morgan fingerprint density at radius 3 is 2.80 bits per heavy atom. The predicted octanol–water partition coefficient (Wildman–Crippen LogP) is 2.64. The highest BCUT2D eigenvalue weighted by molar-refractivity contribution is 6.21. The Bertz CT molecular complexity index is 264. The van der Waals surface area contributed by atoms with Crippen LogP contribution in [-0.2, 0) is 4.79 Å². The Hall–Kier alpha value is -0.760. The number of hydrogen-bond acceptors (Lipinski definition) is 1. The second kappa shape index (κ2) is 5.36. The van der Waals surface area contributed by atoms with E-state index >= 15 is 0 Å². The maximum Gasteiger partial charge on any atom is 0.226 e. The van der Waals surface area contributed by atoms with Gasteiger partial charge in [-0.05, 0) is 25.7 Å². The van der Waals surface area contributed by atoms with Gasteiger partial charge in [0.2, 0.25) is 5.91 Å². The van der Waals surface area contributed by atoms with Gasteiger partial charge in [-0.15, -0.1) is 24.8 Å². The standard InChI is InChI=1S/C12H18ClNO/c1-3-5-6-12(9-10(13)4-2)7-8-14-11(12)15/h3-4,10H,1-2,5-9H2,(H,14,15). The van der Waals surface area contributed by atoms with Gasteiger partial charge in [-0.2, -0.15) is 0 Å². The lowest BCUT2D eigenvalue weighted by Gasteiger charge is -2.26. The fraction of sp³-hybridized carbons (Fsp3) is 0.583. The van der Waals surface area contributed by atoms with Crippen molar-refractivity contribution in [3.05, 3.63) is 25.3 Å². The number of hydrogen-bond donors (Lipinski definition) is 1. The van der Waals surface area contributed by atoms with E-state index < -0.39 is 0 Å². The molecule has 2 nitrogen and oxygen atoms in total. The van der Waals surface area contributed by atoms with Crippen LogP contribution in [0.2, 0.25) is 0 Å². The summed E-state index contributed by atoms with van der Waals surface area (Å²) in [7, 11) is 0. The number of amides is 1. The number of alkyl halides is 1. The molecule has 0 bridgehead atoms. The highest BCUT2D eigenvalue weighted by Gasteiger charge is 2.42. The van der Waals surface area contributed by atoms with Crippen molar-refractivity contribution in [2.24, 2.45) is 5.41 Å². The van der Waals surface area contributed by atoms with E-state index in [1.54, 1.807) is 6.08 Å². The summed E-state index contributed by atoms with van der Waals surface area (Å²) in [4.78, 5) is 11.8. The summed E-state index contributed by atoms with van der Waals surface area (Å²) >= 11 is 6.06. The Kier molecular flexibility index (Phi) is 4.40. The van der Waals surface area contributed by atoms with Crippen LogP contribution in [-0.4, -0.2) is 17.8 Å². The third-order valence-electron chi connectivity index (χ3n) is 3.04. The first-order chi connectivity index (χ1) is 7.14. The van der Waals surface area contributed by atoms with Gasteiger partial charge in [-0.25, -0.2) is 0 Å². The van der Waals surface area contributed by atoms with Crippen molar-refractivity contribution in [3.8, 4) is 0 Å². The molecule has 1 heterocycles. The van der Waals surface area contributed by atoms with Gasteiger partial charge in [-0.3, -0.25) is 4.79 Å². The first kappa shape index (κ1) is 12.3.